The highest BCUT2D eigenvalue weighted by atomic mass is 32.2. The van der Waals surface area contributed by atoms with Gasteiger partial charge in [0.1, 0.15) is 11.8 Å². The smallest absolute Gasteiger partial charge is 0.306 e. The van der Waals surface area contributed by atoms with Gasteiger partial charge in [0.25, 0.3) is 0 Å². The lowest BCUT2D eigenvalue weighted by atomic mass is 10.1. The van der Waals surface area contributed by atoms with E-state index in [-0.39, 0.29) is 11.9 Å². The summed E-state index contributed by atoms with van der Waals surface area (Å²) in [6, 6.07) is 1.69. The van der Waals surface area contributed by atoms with Gasteiger partial charge in [-0.15, -0.1) is 0 Å². The van der Waals surface area contributed by atoms with Crippen LogP contribution in [0.25, 0.3) is 0 Å². The predicted molar refractivity (Wildman–Crippen MR) is 67.5 cm³/mol. The van der Waals surface area contributed by atoms with Crippen molar-refractivity contribution < 1.29 is 9.53 Å². The zero-order chi connectivity index (χ0) is 12.8. The van der Waals surface area contributed by atoms with Crippen LogP contribution in [-0.4, -0.2) is 21.9 Å². The molecule has 0 radical (unpaired) electrons. The molecule has 1 aromatic heterocycles. The van der Waals surface area contributed by atoms with E-state index in [1.165, 1.54) is 11.8 Å². The Morgan fingerprint density at radius 1 is 1.53 bits per heavy atom. The topological polar surface area (TPSA) is 78.1 Å². The van der Waals surface area contributed by atoms with Gasteiger partial charge in [-0.1, -0.05) is 13.8 Å². The van der Waals surface area contributed by atoms with Crippen molar-refractivity contribution in [2.24, 2.45) is 5.92 Å². The molecule has 0 amide bonds. The maximum Gasteiger partial charge on any atom is 0.306 e. The monoisotopic (exact) mass is 255 g/mol. The minimum absolute atomic E-state index is 0.201. The van der Waals surface area contributed by atoms with Gasteiger partial charge in [0, 0.05) is 18.2 Å². The Kier molecular flexibility index (Phi) is 5.21. The van der Waals surface area contributed by atoms with Gasteiger partial charge in [-0.2, -0.15) is 0 Å². The second-order valence-corrected chi connectivity index (χ2v) is 4.98. The van der Waals surface area contributed by atoms with Crippen molar-refractivity contribution in [2.75, 3.05) is 11.7 Å². The summed E-state index contributed by atoms with van der Waals surface area (Å²) in [6.07, 6.45) is 0.428. The molecule has 1 heterocycles. The number of anilines is 1. The van der Waals surface area contributed by atoms with E-state index in [2.05, 4.69) is 9.97 Å². The number of ether oxygens (including phenoxy) is 1. The number of carbonyl (C=O) groups is 1. The van der Waals surface area contributed by atoms with Crippen LogP contribution in [0.15, 0.2) is 11.2 Å². The third kappa shape index (κ3) is 5.53. The maximum absolute atomic E-state index is 11.3. The molecular weight excluding hydrogens is 238 g/mol. The molecule has 1 aromatic rings. The normalized spacial score (nSPS) is 10.6. The first-order valence-electron chi connectivity index (χ1n) is 5.37. The summed E-state index contributed by atoms with van der Waals surface area (Å²) in [5.41, 5.74) is 6.38. The number of nitrogens with zero attached hydrogens (tertiary/aromatic N) is 2. The lowest BCUT2D eigenvalue weighted by Crippen LogP contribution is -2.07. The number of hydrogen-bond acceptors (Lipinski definition) is 6. The molecule has 0 spiro atoms. The van der Waals surface area contributed by atoms with Gasteiger partial charge in [-0.25, -0.2) is 9.97 Å². The van der Waals surface area contributed by atoms with Crippen molar-refractivity contribution in [1.82, 2.24) is 9.97 Å². The Balaban J connectivity index is 2.38. The average molecular weight is 255 g/mol. The Morgan fingerprint density at radius 2 is 2.24 bits per heavy atom. The predicted octanol–water partition coefficient (Wildman–Crippen LogP) is 2.01. The molecule has 5 nitrogen and oxygen atoms in total. The maximum atomic E-state index is 11.3. The molecule has 1 rings (SSSR count). The van der Waals surface area contributed by atoms with Gasteiger partial charge in [0.15, 0.2) is 5.16 Å². The summed E-state index contributed by atoms with van der Waals surface area (Å²) in [7, 11) is 0. The van der Waals surface area contributed by atoms with Crippen molar-refractivity contribution in [3.8, 4) is 0 Å². The molecule has 0 aliphatic rings. The van der Waals surface area contributed by atoms with Gasteiger partial charge < -0.3 is 10.5 Å². The first kappa shape index (κ1) is 13.8. The number of thioether (sulfide) groups is 1. The molecule has 0 unspecified atom stereocenters. The van der Waals surface area contributed by atoms with E-state index < -0.39 is 0 Å². The van der Waals surface area contributed by atoms with E-state index in [1.54, 1.807) is 6.07 Å². The summed E-state index contributed by atoms with van der Waals surface area (Å²) < 4.78 is 5.04. The molecule has 0 aliphatic heterocycles. The Hall–Kier alpha value is -1.30. The highest BCUT2D eigenvalue weighted by Crippen LogP contribution is 2.15. The van der Waals surface area contributed by atoms with Gasteiger partial charge in [0.05, 0.1) is 0 Å². The van der Waals surface area contributed by atoms with E-state index in [1.807, 2.05) is 20.8 Å². The molecule has 17 heavy (non-hydrogen) atoms. The van der Waals surface area contributed by atoms with E-state index >= 15 is 0 Å². The molecular formula is C11H17N3O2S. The number of hydrogen-bond donors (Lipinski definition) is 1. The summed E-state index contributed by atoms with van der Waals surface area (Å²) in [5, 5.41) is 0.528. The second kappa shape index (κ2) is 6.44. The number of nitrogen functional groups attached to an aromatic ring is 1. The number of rotatable bonds is 5. The van der Waals surface area contributed by atoms with Gasteiger partial charge in [0.2, 0.25) is 0 Å². The molecule has 0 atom stereocenters. The van der Waals surface area contributed by atoms with Crippen molar-refractivity contribution in [3.05, 3.63) is 11.8 Å². The zero-order valence-electron chi connectivity index (χ0n) is 10.3. The second-order valence-electron chi connectivity index (χ2n) is 4.09. The van der Waals surface area contributed by atoms with Gasteiger partial charge >= 0.3 is 5.97 Å². The van der Waals surface area contributed by atoms with E-state index in [0.29, 0.717) is 23.3 Å². The fraction of sp³-hybridized carbons (Fsp3) is 0.545. The van der Waals surface area contributed by atoms with Crippen LogP contribution in [0.1, 0.15) is 26.0 Å². The number of carbonyl (C=O) groups excluding carboxylic acids is 1. The van der Waals surface area contributed by atoms with Crippen molar-refractivity contribution in [3.63, 3.8) is 0 Å². The van der Waals surface area contributed by atoms with Crippen molar-refractivity contribution in [1.29, 1.82) is 0 Å². The Bertz CT molecular complexity index is 376. The van der Waals surface area contributed by atoms with Crippen LogP contribution >= 0.6 is 11.8 Å². The van der Waals surface area contributed by atoms with Gasteiger partial charge in [-0.3, -0.25) is 4.79 Å². The van der Waals surface area contributed by atoms with E-state index in [0.717, 1.165) is 5.69 Å². The van der Waals surface area contributed by atoms with E-state index in [9.17, 15) is 4.79 Å². The van der Waals surface area contributed by atoms with Crippen LogP contribution < -0.4 is 5.73 Å². The van der Waals surface area contributed by atoms with Crippen LogP contribution in [0.5, 0.6) is 0 Å². The number of aryl methyl sites for hydroxylation is 1. The van der Waals surface area contributed by atoms with Crippen LogP contribution in [0.3, 0.4) is 0 Å². The third-order valence-electron chi connectivity index (χ3n) is 1.84. The van der Waals surface area contributed by atoms with Crippen molar-refractivity contribution >= 4 is 23.5 Å². The summed E-state index contributed by atoms with van der Waals surface area (Å²) in [5.74, 6) is 0.744. The highest BCUT2D eigenvalue weighted by Gasteiger charge is 2.07. The summed E-state index contributed by atoms with van der Waals surface area (Å²) in [6.45, 7) is 5.78. The summed E-state index contributed by atoms with van der Waals surface area (Å²) >= 11 is 1.26. The van der Waals surface area contributed by atoms with Crippen LogP contribution in [0, 0.1) is 12.8 Å². The highest BCUT2D eigenvalue weighted by molar-refractivity contribution is 7.99. The van der Waals surface area contributed by atoms with E-state index in [4.69, 9.17) is 10.5 Å². The SMILES string of the molecule is Cc1cc(N)nc(SCOC(=O)CC(C)C)n1. The Morgan fingerprint density at radius 3 is 2.82 bits per heavy atom. The lowest BCUT2D eigenvalue weighted by molar-refractivity contribution is -0.142. The first-order chi connectivity index (χ1) is 7.97. The van der Waals surface area contributed by atoms with Gasteiger partial charge in [-0.05, 0) is 24.6 Å². The molecule has 0 aliphatic carbocycles. The number of esters is 1. The minimum Gasteiger partial charge on any atom is -0.454 e. The molecule has 94 valence electrons. The van der Waals surface area contributed by atoms with Crippen LogP contribution in [0.4, 0.5) is 5.82 Å². The lowest BCUT2D eigenvalue weighted by Gasteiger charge is -2.06. The molecule has 0 bridgehead atoms. The first-order valence-corrected chi connectivity index (χ1v) is 6.35. The average Bonchev–Trinajstić information content (AvgIpc) is 2.14. The molecule has 0 fully saturated rings. The van der Waals surface area contributed by atoms with Crippen molar-refractivity contribution in [2.45, 2.75) is 32.3 Å². The Labute approximate surface area is 105 Å². The van der Waals surface area contributed by atoms with Crippen LogP contribution in [-0.2, 0) is 9.53 Å². The zero-order valence-corrected chi connectivity index (χ0v) is 11.1. The molecule has 6 heteroatoms. The molecule has 0 aromatic carbocycles. The largest absolute Gasteiger partial charge is 0.454 e. The summed E-state index contributed by atoms with van der Waals surface area (Å²) in [4.78, 5) is 19.5. The van der Waals surface area contributed by atoms with Crippen LogP contribution in [0.2, 0.25) is 0 Å². The fourth-order valence-electron chi connectivity index (χ4n) is 1.17. The molecule has 0 saturated heterocycles. The molecule has 0 saturated carbocycles. The minimum atomic E-state index is -0.201. The quantitative estimate of drug-likeness (QED) is 0.375. The number of aromatic nitrogens is 2. The fourth-order valence-corrected chi connectivity index (χ4v) is 1.84. The standard InChI is InChI=1S/C11H17N3O2S/c1-7(2)4-10(15)16-6-17-11-13-8(3)5-9(12)14-11/h5,7H,4,6H2,1-3H3,(H2,12,13,14). The number of nitrogens with two attached hydrogens (primary N) is 1. The molecule has 2 N–H and O–H groups in total. The third-order valence-corrected chi connectivity index (χ3v) is 2.51.